The van der Waals surface area contributed by atoms with Crippen molar-refractivity contribution in [3.05, 3.63) is 35.8 Å². The van der Waals surface area contributed by atoms with Crippen LogP contribution >= 0.6 is 11.8 Å². The van der Waals surface area contributed by atoms with Crippen LogP contribution in [0.5, 0.6) is 0 Å². The Balaban J connectivity index is 1.97. The quantitative estimate of drug-likeness (QED) is 0.764. The number of fused-ring (bicyclic) bond motifs is 1. The molecule has 2 aromatic rings. The number of thioether (sulfide) groups is 1. The summed E-state index contributed by atoms with van der Waals surface area (Å²) in [4.78, 5) is 15.3. The highest BCUT2D eigenvalue weighted by molar-refractivity contribution is 7.99. The minimum Gasteiger partial charge on any atom is -0.307 e. The van der Waals surface area contributed by atoms with Crippen molar-refractivity contribution in [2.45, 2.75) is 24.5 Å². The number of hydrogen-bond donors (Lipinski definition) is 0. The third-order valence-corrected chi connectivity index (χ3v) is 4.55. The summed E-state index contributed by atoms with van der Waals surface area (Å²) in [6, 6.07) is 3.66. The lowest BCUT2D eigenvalue weighted by Gasteiger charge is -2.18. The summed E-state index contributed by atoms with van der Waals surface area (Å²) in [5.41, 5.74) is 2.71. The number of aromatic nitrogens is 2. The van der Waals surface area contributed by atoms with Gasteiger partial charge < -0.3 is 4.40 Å². The first-order chi connectivity index (χ1) is 8.36. The molecule has 0 spiro atoms. The molecule has 3 nitrogen and oxygen atoms in total. The number of carbonyl (C=O) groups excluding carboxylic acids is 1. The number of carbonyl (C=O) groups is 1. The van der Waals surface area contributed by atoms with Gasteiger partial charge in [-0.2, -0.15) is 11.8 Å². The van der Waals surface area contributed by atoms with Gasteiger partial charge in [-0.3, -0.25) is 4.79 Å². The fourth-order valence-corrected chi connectivity index (χ4v) is 3.49. The molecule has 1 aliphatic rings. The zero-order valence-corrected chi connectivity index (χ0v) is 10.3. The molecule has 17 heavy (non-hydrogen) atoms. The van der Waals surface area contributed by atoms with Gasteiger partial charge in [0.05, 0.1) is 5.69 Å². The molecular formula is C13H14N2OS. The summed E-state index contributed by atoms with van der Waals surface area (Å²) in [5, 5.41) is 0.531. The van der Waals surface area contributed by atoms with Crippen LogP contribution in [0.15, 0.2) is 24.5 Å². The van der Waals surface area contributed by atoms with Gasteiger partial charge in [-0.05, 0) is 30.7 Å². The zero-order chi connectivity index (χ0) is 11.7. The Labute approximate surface area is 104 Å². The second-order valence-electron chi connectivity index (χ2n) is 4.36. The standard InChI is InChI=1S/C13H14N2OS/c16-9-10-4-5-15-8-11(14-13(15)7-10)12-3-1-2-6-17-12/h4-5,7-9,12H,1-3,6H2. The molecule has 0 aliphatic carbocycles. The SMILES string of the molecule is O=Cc1ccn2cc(C3CCCCS3)nc2c1. The lowest BCUT2D eigenvalue weighted by molar-refractivity contribution is 0.112. The molecule has 2 aromatic heterocycles. The first-order valence-electron chi connectivity index (χ1n) is 5.92. The molecule has 4 heteroatoms. The highest BCUT2D eigenvalue weighted by Crippen LogP contribution is 2.37. The number of nitrogens with zero attached hydrogens (tertiary/aromatic N) is 2. The second kappa shape index (κ2) is 4.53. The van der Waals surface area contributed by atoms with Crippen LogP contribution in [0.3, 0.4) is 0 Å². The summed E-state index contributed by atoms with van der Waals surface area (Å²) in [6.45, 7) is 0. The van der Waals surface area contributed by atoms with Gasteiger partial charge in [-0.15, -0.1) is 0 Å². The number of rotatable bonds is 2. The summed E-state index contributed by atoms with van der Waals surface area (Å²) >= 11 is 2.00. The Bertz CT molecular complexity index is 543. The molecule has 3 heterocycles. The van der Waals surface area contributed by atoms with Crippen molar-refractivity contribution in [2.75, 3.05) is 5.75 Å². The topological polar surface area (TPSA) is 34.4 Å². The number of pyridine rings is 1. The largest absolute Gasteiger partial charge is 0.307 e. The van der Waals surface area contributed by atoms with E-state index >= 15 is 0 Å². The van der Waals surface area contributed by atoms with Gasteiger partial charge in [0.15, 0.2) is 0 Å². The number of imidazole rings is 1. The van der Waals surface area contributed by atoms with Crippen molar-refractivity contribution in [3.63, 3.8) is 0 Å². The maximum absolute atomic E-state index is 10.7. The van der Waals surface area contributed by atoms with Crippen LogP contribution in [0, 0.1) is 0 Å². The van der Waals surface area contributed by atoms with Crippen LogP contribution in [-0.2, 0) is 0 Å². The van der Waals surface area contributed by atoms with Gasteiger partial charge in [-0.1, -0.05) is 6.42 Å². The number of hydrogen-bond acceptors (Lipinski definition) is 3. The summed E-state index contributed by atoms with van der Waals surface area (Å²) in [7, 11) is 0. The van der Waals surface area contributed by atoms with Crippen LogP contribution < -0.4 is 0 Å². The molecule has 1 saturated heterocycles. The predicted octanol–water partition coefficient (Wildman–Crippen LogP) is 3.11. The van der Waals surface area contributed by atoms with Crippen molar-refractivity contribution < 1.29 is 4.79 Å². The van der Waals surface area contributed by atoms with Gasteiger partial charge in [0.2, 0.25) is 0 Å². The number of aldehydes is 1. The van der Waals surface area contributed by atoms with E-state index in [0.29, 0.717) is 10.8 Å². The fraction of sp³-hybridized carbons (Fsp3) is 0.385. The van der Waals surface area contributed by atoms with Gasteiger partial charge in [-0.25, -0.2) is 4.98 Å². The minimum atomic E-state index is 0.531. The molecule has 0 saturated carbocycles. The summed E-state index contributed by atoms with van der Waals surface area (Å²) in [5.74, 6) is 1.23. The minimum absolute atomic E-state index is 0.531. The smallest absolute Gasteiger partial charge is 0.150 e. The Morgan fingerprint density at radius 3 is 3.18 bits per heavy atom. The van der Waals surface area contributed by atoms with E-state index in [4.69, 9.17) is 0 Å². The Kier molecular flexibility index (Phi) is 2.89. The van der Waals surface area contributed by atoms with Crippen LogP contribution in [0.1, 0.15) is 40.6 Å². The Hall–Kier alpha value is -1.29. The third-order valence-electron chi connectivity index (χ3n) is 3.15. The van der Waals surface area contributed by atoms with E-state index < -0.39 is 0 Å². The summed E-state index contributed by atoms with van der Waals surface area (Å²) in [6.07, 6.45) is 8.70. The van der Waals surface area contributed by atoms with E-state index in [2.05, 4.69) is 11.2 Å². The molecule has 1 fully saturated rings. The molecule has 0 radical (unpaired) electrons. The molecule has 0 N–H and O–H groups in total. The van der Waals surface area contributed by atoms with Gasteiger partial charge in [0, 0.05) is 23.2 Å². The monoisotopic (exact) mass is 246 g/mol. The molecule has 3 rings (SSSR count). The normalized spacial score (nSPS) is 20.6. The van der Waals surface area contributed by atoms with E-state index in [1.165, 1.54) is 25.0 Å². The maximum atomic E-state index is 10.7. The van der Waals surface area contributed by atoms with Crippen molar-refractivity contribution >= 4 is 23.7 Å². The van der Waals surface area contributed by atoms with Gasteiger partial charge in [0.1, 0.15) is 11.9 Å². The first-order valence-corrected chi connectivity index (χ1v) is 6.97. The molecule has 0 aromatic carbocycles. The van der Waals surface area contributed by atoms with Gasteiger partial charge >= 0.3 is 0 Å². The van der Waals surface area contributed by atoms with Crippen molar-refractivity contribution in [1.82, 2.24) is 9.38 Å². The van der Waals surface area contributed by atoms with Crippen LogP contribution in [0.25, 0.3) is 5.65 Å². The molecule has 0 bridgehead atoms. The molecule has 1 aliphatic heterocycles. The van der Waals surface area contributed by atoms with Crippen LogP contribution in [0.4, 0.5) is 0 Å². The average molecular weight is 246 g/mol. The third kappa shape index (κ3) is 2.09. The van der Waals surface area contributed by atoms with Crippen molar-refractivity contribution in [3.8, 4) is 0 Å². The summed E-state index contributed by atoms with van der Waals surface area (Å²) < 4.78 is 2.00. The Morgan fingerprint density at radius 1 is 1.47 bits per heavy atom. The van der Waals surface area contributed by atoms with Crippen molar-refractivity contribution in [1.29, 1.82) is 0 Å². The van der Waals surface area contributed by atoms with Gasteiger partial charge in [0.25, 0.3) is 0 Å². The fourth-order valence-electron chi connectivity index (χ4n) is 2.22. The van der Waals surface area contributed by atoms with E-state index in [9.17, 15) is 4.79 Å². The maximum Gasteiger partial charge on any atom is 0.150 e. The first kappa shape index (κ1) is 10.8. The van der Waals surface area contributed by atoms with E-state index in [1.807, 2.05) is 34.5 Å². The Morgan fingerprint density at radius 2 is 2.41 bits per heavy atom. The molecule has 1 unspecified atom stereocenters. The van der Waals surface area contributed by atoms with Crippen LogP contribution in [-0.4, -0.2) is 21.4 Å². The van der Waals surface area contributed by atoms with E-state index in [1.54, 1.807) is 0 Å². The van der Waals surface area contributed by atoms with Crippen LogP contribution in [0.2, 0.25) is 0 Å². The zero-order valence-electron chi connectivity index (χ0n) is 9.50. The highest BCUT2D eigenvalue weighted by Gasteiger charge is 2.18. The van der Waals surface area contributed by atoms with E-state index in [0.717, 1.165) is 17.6 Å². The van der Waals surface area contributed by atoms with E-state index in [-0.39, 0.29) is 0 Å². The lowest BCUT2D eigenvalue weighted by atomic mass is 10.1. The second-order valence-corrected chi connectivity index (χ2v) is 5.67. The predicted molar refractivity (Wildman–Crippen MR) is 69.6 cm³/mol. The molecule has 0 amide bonds. The molecule has 1 atom stereocenters. The lowest BCUT2D eigenvalue weighted by Crippen LogP contribution is -2.02. The highest BCUT2D eigenvalue weighted by atomic mass is 32.2. The molecular weight excluding hydrogens is 232 g/mol. The average Bonchev–Trinajstić information content (AvgIpc) is 2.82. The van der Waals surface area contributed by atoms with Crippen molar-refractivity contribution in [2.24, 2.45) is 0 Å². The molecule has 88 valence electrons.